The van der Waals surface area contributed by atoms with Crippen LogP contribution in [0.3, 0.4) is 0 Å². The van der Waals surface area contributed by atoms with Gasteiger partial charge in [0, 0.05) is 0 Å². The van der Waals surface area contributed by atoms with Gasteiger partial charge >= 0.3 is 0 Å². The SMILES string of the molecule is CCCCCCCCCC(C)P. The van der Waals surface area contributed by atoms with Gasteiger partial charge in [-0.25, -0.2) is 0 Å². The Morgan fingerprint density at radius 3 is 1.92 bits per heavy atom. The third-order valence-corrected chi connectivity index (χ3v) is 2.60. The van der Waals surface area contributed by atoms with Gasteiger partial charge in [0.1, 0.15) is 0 Å². The van der Waals surface area contributed by atoms with Crippen LogP contribution in [0, 0.1) is 0 Å². The Balaban J connectivity index is 2.82. The average molecular weight is 188 g/mol. The summed E-state index contributed by atoms with van der Waals surface area (Å²) in [4.78, 5) is 0. The Kier molecular flexibility index (Phi) is 9.86. The molecule has 1 heteroatoms. The first kappa shape index (κ1) is 12.4. The van der Waals surface area contributed by atoms with Gasteiger partial charge in [-0.3, -0.25) is 0 Å². The van der Waals surface area contributed by atoms with Crippen molar-refractivity contribution in [1.29, 1.82) is 0 Å². The third-order valence-electron chi connectivity index (χ3n) is 2.26. The zero-order valence-electron chi connectivity index (χ0n) is 8.81. The first-order valence-corrected chi connectivity index (χ1v) is 6.19. The second kappa shape index (κ2) is 9.52. The highest BCUT2D eigenvalue weighted by molar-refractivity contribution is 7.17. The van der Waals surface area contributed by atoms with Crippen molar-refractivity contribution in [1.82, 2.24) is 0 Å². The molecule has 0 bridgehead atoms. The van der Waals surface area contributed by atoms with Gasteiger partial charge in [0.25, 0.3) is 0 Å². The minimum atomic E-state index is 0.820. The summed E-state index contributed by atoms with van der Waals surface area (Å²) in [5.41, 5.74) is 0.820. The van der Waals surface area contributed by atoms with Crippen LogP contribution in [0.1, 0.15) is 65.2 Å². The van der Waals surface area contributed by atoms with E-state index in [9.17, 15) is 0 Å². The van der Waals surface area contributed by atoms with E-state index in [1.165, 1.54) is 51.4 Å². The quantitative estimate of drug-likeness (QED) is 0.391. The largest absolute Gasteiger partial charge is 0.135 e. The first-order valence-electron chi connectivity index (χ1n) is 5.53. The van der Waals surface area contributed by atoms with E-state index in [2.05, 4.69) is 23.1 Å². The van der Waals surface area contributed by atoms with E-state index >= 15 is 0 Å². The molecule has 0 amide bonds. The summed E-state index contributed by atoms with van der Waals surface area (Å²) in [5.74, 6) is 0. The fraction of sp³-hybridized carbons (Fsp3) is 1.00. The Morgan fingerprint density at radius 2 is 1.42 bits per heavy atom. The van der Waals surface area contributed by atoms with Crippen LogP contribution in [0.15, 0.2) is 0 Å². The number of rotatable bonds is 8. The van der Waals surface area contributed by atoms with E-state index in [0.29, 0.717) is 0 Å². The molecule has 2 atom stereocenters. The van der Waals surface area contributed by atoms with E-state index in [1.807, 2.05) is 0 Å². The van der Waals surface area contributed by atoms with Gasteiger partial charge in [-0.2, -0.15) is 0 Å². The minimum Gasteiger partial charge on any atom is -0.135 e. The molecule has 0 aromatic heterocycles. The lowest BCUT2D eigenvalue weighted by atomic mass is 10.1. The summed E-state index contributed by atoms with van der Waals surface area (Å²) in [6, 6.07) is 0. The second-order valence-corrected chi connectivity index (χ2v) is 5.03. The molecule has 0 aliphatic rings. The van der Waals surface area contributed by atoms with Crippen LogP contribution >= 0.6 is 9.24 Å². The predicted octanol–water partition coefficient (Wildman–Crippen LogP) is 4.39. The van der Waals surface area contributed by atoms with Crippen molar-refractivity contribution in [2.75, 3.05) is 0 Å². The molecule has 0 aliphatic carbocycles. The summed E-state index contributed by atoms with van der Waals surface area (Å²) in [7, 11) is 2.87. The fourth-order valence-corrected chi connectivity index (χ4v) is 1.66. The predicted molar refractivity (Wildman–Crippen MR) is 61.8 cm³/mol. The molecule has 2 unspecified atom stereocenters. The minimum absolute atomic E-state index is 0.820. The molecule has 0 saturated carbocycles. The fourth-order valence-electron chi connectivity index (χ4n) is 1.42. The van der Waals surface area contributed by atoms with E-state index in [1.54, 1.807) is 0 Å². The summed E-state index contributed by atoms with van der Waals surface area (Å²) >= 11 is 0. The van der Waals surface area contributed by atoms with Crippen molar-refractivity contribution in [3.05, 3.63) is 0 Å². The van der Waals surface area contributed by atoms with Crippen LogP contribution in [0.4, 0.5) is 0 Å². The highest BCUT2D eigenvalue weighted by Crippen LogP contribution is 2.12. The lowest BCUT2D eigenvalue weighted by Gasteiger charge is -2.03. The molecule has 0 radical (unpaired) electrons. The van der Waals surface area contributed by atoms with Crippen molar-refractivity contribution < 1.29 is 0 Å². The molecule has 0 saturated heterocycles. The van der Waals surface area contributed by atoms with Gasteiger partial charge in [0.05, 0.1) is 0 Å². The lowest BCUT2D eigenvalue weighted by molar-refractivity contribution is 0.575. The maximum Gasteiger partial charge on any atom is -0.0293 e. The molecule has 0 spiro atoms. The number of hydrogen-bond donors (Lipinski definition) is 0. The van der Waals surface area contributed by atoms with Crippen LogP contribution in [0.25, 0.3) is 0 Å². The lowest BCUT2D eigenvalue weighted by Crippen LogP contribution is -1.89. The van der Waals surface area contributed by atoms with Crippen LogP contribution in [0.2, 0.25) is 0 Å². The van der Waals surface area contributed by atoms with Gasteiger partial charge in [-0.1, -0.05) is 58.8 Å². The molecule has 0 fully saturated rings. The molecule has 12 heavy (non-hydrogen) atoms. The maximum atomic E-state index is 2.87. The zero-order chi connectivity index (χ0) is 9.23. The molecule has 74 valence electrons. The maximum absolute atomic E-state index is 2.87. The monoisotopic (exact) mass is 188 g/mol. The van der Waals surface area contributed by atoms with Gasteiger partial charge in [0.15, 0.2) is 0 Å². The van der Waals surface area contributed by atoms with Crippen molar-refractivity contribution in [3.8, 4) is 0 Å². The van der Waals surface area contributed by atoms with E-state index in [0.717, 1.165) is 5.66 Å². The zero-order valence-corrected chi connectivity index (χ0v) is 9.97. The van der Waals surface area contributed by atoms with Crippen LogP contribution in [0.5, 0.6) is 0 Å². The topological polar surface area (TPSA) is 0 Å². The second-order valence-electron chi connectivity index (χ2n) is 3.89. The Hall–Kier alpha value is 0.430. The molecule has 0 heterocycles. The highest BCUT2D eigenvalue weighted by atomic mass is 31.0. The van der Waals surface area contributed by atoms with Gasteiger partial charge in [0.2, 0.25) is 0 Å². The molecule has 0 aromatic carbocycles. The van der Waals surface area contributed by atoms with E-state index < -0.39 is 0 Å². The molecule has 0 aliphatic heterocycles. The normalized spacial score (nSPS) is 13.2. The van der Waals surface area contributed by atoms with Crippen molar-refractivity contribution in [3.63, 3.8) is 0 Å². The molecule has 0 N–H and O–H groups in total. The smallest absolute Gasteiger partial charge is 0.0293 e. The molecule has 0 nitrogen and oxygen atoms in total. The molecular formula is C11H25P. The Labute approximate surface area is 80.7 Å². The van der Waals surface area contributed by atoms with Crippen LogP contribution in [-0.4, -0.2) is 5.66 Å². The van der Waals surface area contributed by atoms with Gasteiger partial charge in [-0.15, -0.1) is 9.24 Å². The van der Waals surface area contributed by atoms with E-state index in [4.69, 9.17) is 0 Å². The molecular weight excluding hydrogens is 163 g/mol. The van der Waals surface area contributed by atoms with Crippen LogP contribution < -0.4 is 0 Å². The standard InChI is InChI=1S/C11H25P/c1-3-4-5-6-7-8-9-10-11(2)12/h11H,3-10,12H2,1-2H3. The van der Waals surface area contributed by atoms with Crippen LogP contribution in [-0.2, 0) is 0 Å². The summed E-state index contributed by atoms with van der Waals surface area (Å²) in [6.07, 6.45) is 11.4. The van der Waals surface area contributed by atoms with Crippen molar-refractivity contribution in [2.45, 2.75) is 70.9 Å². The number of hydrogen-bond acceptors (Lipinski definition) is 0. The highest BCUT2D eigenvalue weighted by Gasteiger charge is 1.94. The van der Waals surface area contributed by atoms with Crippen molar-refractivity contribution in [2.24, 2.45) is 0 Å². The van der Waals surface area contributed by atoms with Gasteiger partial charge < -0.3 is 0 Å². The number of unbranched alkanes of at least 4 members (excludes halogenated alkanes) is 6. The van der Waals surface area contributed by atoms with E-state index in [-0.39, 0.29) is 0 Å². The average Bonchev–Trinajstić information content (AvgIpc) is 2.02. The van der Waals surface area contributed by atoms with Gasteiger partial charge in [-0.05, 0) is 12.1 Å². The Bertz CT molecular complexity index is 79.1. The first-order chi connectivity index (χ1) is 5.77. The molecule has 0 aromatic rings. The summed E-state index contributed by atoms with van der Waals surface area (Å²) < 4.78 is 0. The van der Waals surface area contributed by atoms with Crippen molar-refractivity contribution >= 4 is 9.24 Å². The summed E-state index contributed by atoms with van der Waals surface area (Å²) in [5, 5.41) is 0. The third kappa shape index (κ3) is 10.4. The summed E-state index contributed by atoms with van der Waals surface area (Å²) in [6.45, 7) is 4.55. The Morgan fingerprint density at radius 1 is 0.917 bits per heavy atom. The molecule has 0 rings (SSSR count).